The van der Waals surface area contributed by atoms with Crippen LogP contribution in [0.1, 0.15) is 49.4 Å². The lowest BCUT2D eigenvalue weighted by molar-refractivity contribution is -0.139. The fourth-order valence-corrected chi connectivity index (χ4v) is 6.01. The number of nitrogens with zero attached hydrogens (tertiary/aromatic N) is 2. The summed E-state index contributed by atoms with van der Waals surface area (Å²) in [6.45, 7) is 10.8. The molecule has 40 heavy (non-hydrogen) atoms. The molecule has 9 heteroatoms. The molecule has 0 radical (unpaired) electrons. The Balaban J connectivity index is 2.06. The second-order valence-corrected chi connectivity index (χ2v) is 12.6. The first kappa shape index (κ1) is 31.2. The van der Waals surface area contributed by atoms with E-state index in [4.69, 9.17) is 11.6 Å². The van der Waals surface area contributed by atoms with Crippen molar-refractivity contribution in [1.29, 1.82) is 0 Å². The minimum absolute atomic E-state index is 0.0630. The van der Waals surface area contributed by atoms with E-state index >= 15 is 0 Å². The molecule has 7 nitrogen and oxygen atoms in total. The van der Waals surface area contributed by atoms with E-state index in [-0.39, 0.29) is 23.4 Å². The molecular formula is C31H38ClN3O4S. The lowest BCUT2D eigenvalue weighted by atomic mass is 10.1. The second kappa shape index (κ2) is 13.3. The Morgan fingerprint density at radius 1 is 0.925 bits per heavy atom. The van der Waals surface area contributed by atoms with Gasteiger partial charge in [0.25, 0.3) is 10.0 Å². The van der Waals surface area contributed by atoms with Gasteiger partial charge in [-0.1, -0.05) is 66.0 Å². The van der Waals surface area contributed by atoms with Crippen molar-refractivity contribution in [3.05, 3.63) is 94.0 Å². The van der Waals surface area contributed by atoms with Gasteiger partial charge in [0.05, 0.1) is 10.6 Å². The van der Waals surface area contributed by atoms with Gasteiger partial charge in [-0.2, -0.15) is 0 Å². The molecule has 0 spiro atoms. The fourth-order valence-electron chi connectivity index (χ4n) is 4.30. The van der Waals surface area contributed by atoms with Crippen molar-refractivity contribution in [2.45, 2.75) is 71.5 Å². The average Bonchev–Trinajstić information content (AvgIpc) is 2.90. The van der Waals surface area contributed by atoms with Gasteiger partial charge in [-0.25, -0.2) is 8.42 Å². The van der Waals surface area contributed by atoms with E-state index in [1.54, 1.807) is 44.2 Å². The number of benzene rings is 3. The van der Waals surface area contributed by atoms with Gasteiger partial charge in [-0.3, -0.25) is 13.9 Å². The van der Waals surface area contributed by atoms with E-state index in [1.165, 1.54) is 17.0 Å². The van der Waals surface area contributed by atoms with Crippen molar-refractivity contribution >= 4 is 39.1 Å². The van der Waals surface area contributed by atoms with Crippen molar-refractivity contribution in [1.82, 2.24) is 10.2 Å². The van der Waals surface area contributed by atoms with Gasteiger partial charge in [0.15, 0.2) is 0 Å². The smallest absolute Gasteiger partial charge is 0.264 e. The number of rotatable bonds is 11. The van der Waals surface area contributed by atoms with E-state index < -0.39 is 28.5 Å². The van der Waals surface area contributed by atoms with E-state index in [2.05, 4.69) is 5.32 Å². The number of hydrogen-bond acceptors (Lipinski definition) is 4. The summed E-state index contributed by atoms with van der Waals surface area (Å²) >= 11 is 6.17. The highest BCUT2D eigenvalue weighted by Gasteiger charge is 2.33. The molecule has 3 aromatic carbocycles. The molecule has 2 atom stereocenters. The van der Waals surface area contributed by atoms with Crippen LogP contribution in [0.5, 0.6) is 0 Å². The first-order valence-electron chi connectivity index (χ1n) is 13.3. The standard InChI is InChI=1S/C31H38ClN3O4S/c1-7-24(5)33-31(37)25(6)34(19-26-10-8-9-22(3)17-26)30(36)20-35(29-16-13-27(32)18-23(29)4)40(38,39)28-14-11-21(2)12-15-28/h8-18,24-25H,7,19-20H2,1-6H3,(H,33,37)/t24-,25-/m0/s1. The topological polar surface area (TPSA) is 86.8 Å². The molecule has 1 N–H and O–H groups in total. The van der Waals surface area contributed by atoms with Crippen LogP contribution < -0.4 is 9.62 Å². The normalized spacial score (nSPS) is 12.9. The number of hydrogen-bond donors (Lipinski definition) is 1. The average molecular weight is 584 g/mol. The lowest BCUT2D eigenvalue weighted by Crippen LogP contribution is -2.52. The summed E-state index contributed by atoms with van der Waals surface area (Å²) in [7, 11) is -4.14. The molecule has 2 amide bonds. The number of nitrogens with one attached hydrogen (secondary N) is 1. The zero-order chi connectivity index (χ0) is 29.6. The van der Waals surface area contributed by atoms with Gasteiger partial charge < -0.3 is 10.2 Å². The van der Waals surface area contributed by atoms with Gasteiger partial charge in [-0.15, -0.1) is 0 Å². The summed E-state index contributed by atoms with van der Waals surface area (Å²) in [5, 5.41) is 3.40. The van der Waals surface area contributed by atoms with Crippen LogP contribution in [0.25, 0.3) is 0 Å². The Labute approximate surface area is 243 Å². The third-order valence-corrected chi connectivity index (χ3v) is 8.93. The summed E-state index contributed by atoms with van der Waals surface area (Å²) in [5.41, 5.74) is 3.71. The molecule has 0 aromatic heterocycles. The first-order valence-corrected chi connectivity index (χ1v) is 15.2. The van der Waals surface area contributed by atoms with Crippen LogP contribution in [0.2, 0.25) is 5.02 Å². The number of aryl methyl sites for hydroxylation is 3. The van der Waals surface area contributed by atoms with Gasteiger partial charge in [-0.05, 0) is 82.5 Å². The molecule has 0 fully saturated rings. The summed E-state index contributed by atoms with van der Waals surface area (Å²) in [6, 6.07) is 18.1. The maximum atomic E-state index is 14.0. The largest absolute Gasteiger partial charge is 0.352 e. The zero-order valence-electron chi connectivity index (χ0n) is 23.9. The van der Waals surface area contributed by atoms with Crippen molar-refractivity contribution in [3.8, 4) is 0 Å². The highest BCUT2D eigenvalue weighted by Crippen LogP contribution is 2.29. The monoisotopic (exact) mass is 583 g/mol. The molecule has 0 saturated heterocycles. The highest BCUT2D eigenvalue weighted by atomic mass is 35.5. The summed E-state index contributed by atoms with van der Waals surface area (Å²) in [4.78, 5) is 28.7. The SMILES string of the molecule is CC[C@H](C)NC(=O)[C@H](C)N(Cc1cccc(C)c1)C(=O)CN(c1ccc(Cl)cc1C)S(=O)(=O)c1ccc(C)cc1. The lowest BCUT2D eigenvalue weighted by Gasteiger charge is -2.33. The first-order chi connectivity index (χ1) is 18.8. The Hall–Kier alpha value is -3.36. The second-order valence-electron chi connectivity index (χ2n) is 10.3. The van der Waals surface area contributed by atoms with Crippen molar-refractivity contribution in [3.63, 3.8) is 0 Å². The predicted molar refractivity (Wildman–Crippen MR) is 161 cm³/mol. The summed E-state index contributed by atoms with van der Waals surface area (Å²) in [6.07, 6.45) is 0.739. The third-order valence-electron chi connectivity index (χ3n) is 6.92. The molecule has 0 bridgehead atoms. The van der Waals surface area contributed by atoms with Crippen LogP contribution in [0.4, 0.5) is 5.69 Å². The third kappa shape index (κ3) is 7.64. The van der Waals surface area contributed by atoms with E-state index in [0.29, 0.717) is 16.3 Å². The van der Waals surface area contributed by atoms with Gasteiger partial charge in [0.1, 0.15) is 12.6 Å². The number of carbonyl (C=O) groups is 2. The quantitative estimate of drug-likeness (QED) is 0.309. The molecule has 0 aliphatic heterocycles. The van der Waals surface area contributed by atoms with Crippen molar-refractivity contribution in [2.75, 3.05) is 10.8 Å². The van der Waals surface area contributed by atoms with Crippen LogP contribution in [-0.4, -0.2) is 43.8 Å². The Morgan fingerprint density at radius 2 is 1.60 bits per heavy atom. The molecule has 3 rings (SSSR count). The molecule has 214 valence electrons. The minimum atomic E-state index is -4.14. The number of halogens is 1. The van der Waals surface area contributed by atoms with Crippen LogP contribution in [0, 0.1) is 20.8 Å². The van der Waals surface area contributed by atoms with Crippen LogP contribution in [-0.2, 0) is 26.2 Å². The van der Waals surface area contributed by atoms with Crippen LogP contribution >= 0.6 is 11.6 Å². The van der Waals surface area contributed by atoms with Crippen LogP contribution in [0.15, 0.2) is 71.6 Å². The summed E-state index contributed by atoms with van der Waals surface area (Å²) < 4.78 is 29.1. The number of amides is 2. The predicted octanol–water partition coefficient (Wildman–Crippen LogP) is 5.79. The van der Waals surface area contributed by atoms with Crippen molar-refractivity contribution < 1.29 is 18.0 Å². The number of anilines is 1. The number of carbonyl (C=O) groups excluding carboxylic acids is 2. The fraction of sp³-hybridized carbons (Fsp3) is 0.355. The molecular weight excluding hydrogens is 546 g/mol. The number of sulfonamides is 1. The maximum Gasteiger partial charge on any atom is 0.264 e. The van der Waals surface area contributed by atoms with Gasteiger partial charge in [0, 0.05) is 17.6 Å². The van der Waals surface area contributed by atoms with E-state index in [9.17, 15) is 18.0 Å². The molecule has 3 aromatic rings. The van der Waals surface area contributed by atoms with Crippen LogP contribution in [0.3, 0.4) is 0 Å². The Morgan fingerprint density at radius 3 is 2.20 bits per heavy atom. The van der Waals surface area contributed by atoms with E-state index in [0.717, 1.165) is 27.4 Å². The van der Waals surface area contributed by atoms with Crippen molar-refractivity contribution in [2.24, 2.45) is 0 Å². The maximum absolute atomic E-state index is 14.0. The van der Waals surface area contributed by atoms with Gasteiger partial charge >= 0.3 is 0 Å². The molecule has 0 unspecified atom stereocenters. The molecule has 0 aliphatic rings. The molecule has 0 saturated carbocycles. The minimum Gasteiger partial charge on any atom is -0.352 e. The zero-order valence-corrected chi connectivity index (χ0v) is 25.5. The Bertz CT molecular complexity index is 1460. The molecule has 0 aliphatic carbocycles. The Kier molecular flexibility index (Phi) is 10.4. The van der Waals surface area contributed by atoms with E-state index in [1.807, 2.05) is 52.0 Å². The van der Waals surface area contributed by atoms with Gasteiger partial charge in [0.2, 0.25) is 11.8 Å². The molecule has 0 heterocycles. The highest BCUT2D eigenvalue weighted by molar-refractivity contribution is 7.92. The summed E-state index contributed by atoms with van der Waals surface area (Å²) in [5.74, 6) is -0.802.